The highest BCUT2D eigenvalue weighted by Crippen LogP contribution is 2.43. The van der Waals surface area contributed by atoms with E-state index in [0.717, 1.165) is 61.3 Å². The highest BCUT2D eigenvalue weighted by Gasteiger charge is 2.22. The highest BCUT2D eigenvalue weighted by atomic mass is 15.0. The van der Waals surface area contributed by atoms with Gasteiger partial charge < -0.3 is 9.13 Å². The monoisotopic (exact) mass is 738 g/mol. The van der Waals surface area contributed by atoms with Gasteiger partial charge in [-0.05, 0) is 70.1 Å². The normalized spacial score (nSPS) is 11.8. The highest BCUT2D eigenvalue weighted by molar-refractivity contribution is 6.26. The third kappa shape index (κ3) is 5.02. The molecular formula is C54H34N4. The zero-order valence-corrected chi connectivity index (χ0v) is 31.4. The standard InChI is InChI=1S/C54H34N4/c1-3-16-36(17-4-1)47-34-48(56-54(55-47)37-18-5-2-6-19-37)46-33-41(32-39-21-9-10-22-42(39)46)57-50-26-14-12-24-45(50)52-51(57)30-29-44-43-23-11-13-25-49(43)58(53(44)52)40-28-27-35-15-7-8-20-38(35)31-40/h1-34H. The fourth-order valence-corrected chi connectivity index (χ4v) is 9.06. The Morgan fingerprint density at radius 1 is 0.328 bits per heavy atom. The summed E-state index contributed by atoms with van der Waals surface area (Å²) in [6.07, 6.45) is 0. The summed E-state index contributed by atoms with van der Waals surface area (Å²) in [6, 6.07) is 73.9. The first-order chi connectivity index (χ1) is 28.8. The third-order valence-electron chi connectivity index (χ3n) is 11.7. The van der Waals surface area contributed by atoms with Gasteiger partial charge in [0.25, 0.3) is 0 Å². The van der Waals surface area contributed by atoms with Crippen molar-refractivity contribution in [2.45, 2.75) is 0 Å². The van der Waals surface area contributed by atoms with Crippen LogP contribution in [0.3, 0.4) is 0 Å². The molecule has 9 aromatic carbocycles. The van der Waals surface area contributed by atoms with E-state index in [1.807, 2.05) is 24.3 Å². The number of fused-ring (bicyclic) bond motifs is 9. The third-order valence-corrected chi connectivity index (χ3v) is 11.7. The van der Waals surface area contributed by atoms with Crippen LogP contribution in [0.25, 0.3) is 110 Å². The van der Waals surface area contributed by atoms with E-state index in [9.17, 15) is 0 Å². The molecule has 0 fully saturated rings. The minimum absolute atomic E-state index is 0.701. The Morgan fingerprint density at radius 2 is 0.931 bits per heavy atom. The van der Waals surface area contributed by atoms with E-state index in [4.69, 9.17) is 9.97 Å². The fraction of sp³-hybridized carbons (Fsp3) is 0. The van der Waals surface area contributed by atoms with Crippen LogP contribution in [0.2, 0.25) is 0 Å². The van der Waals surface area contributed by atoms with Gasteiger partial charge in [0, 0.05) is 49.6 Å². The summed E-state index contributed by atoms with van der Waals surface area (Å²) < 4.78 is 4.92. The molecule has 0 unspecified atom stereocenters. The van der Waals surface area contributed by atoms with Crippen LogP contribution in [0.15, 0.2) is 206 Å². The SMILES string of the molecule is c1ccc(-c2cc(-c3cc(-n4c5ccccc5c5c4ccc4c6ccccc6n(-c6ccc7ccccc7c6)c45)cc4ccccc34)nc(-c3ccccc3)n2)cc1. The van der Waals surface area contributed by atoms with Crippen molar-refractivity contribution in [2.24, 2.45) is 0 Å². The van der Waals surface area contributed by atoms with E-state index < -0.39 is 0 Å². The van der Waals surface area contributed by atoms with Gasteiger partial charge in [-0.1, -0.05) is 158 Å². The van der Waals surface area contributed by atoms with Crippen LogP contribution < -0.4 is 0 Å². The van der Waals surface area contributed by atoms with Crippen molar-refractivity contribution in [3.8, 4) is 45.3 Å². The van der Waals surface area contributed by atoms with E-state index in [-0.39, 0.29) is 0 Å². The van der Waals surface area contributed by atoms with Crippen molar-refractivity contribution in [1.29, 1.82) is 0 Å². The van der Waals surface area contributed by atoms with Crippen LogP contribution in [0.5, 0.6) is 0 Å². The van der Waals surface area contributed by atoms with Gasteiger partial charge in [0.2, 0.25) is 0 Å². The molecule has 0 spiro atoms. The fourth-order valence-electron chi connectivity index (χ4n) is 9.06. The van der Waals surface area contributed by atoms with Crippen molar-refractivity contribution in [2.75, 3.05) is 0 Å². The lowest BCUT2D eigenvalue weighted by Gasteiger charge is -2.15. The molecule has 4 heteroatoms. The predicted molar refractivity (Wildman–Crippen MR) is 242 cm³/mol. The summed E-state index contributed by atoms with van der Waals surface area (Å²) in [5.74, 6) is 0.701. The Labute approximate surface area is 334 Å². The van der Waals surface area contributed by atoms with Crippen molar-refractivity contribution < 1.29 is 0 Å². The summed E-state index contributed by atoms with van der Waals surface area (Å²) in [5.41, 5.74) is 11.8. The predicted octanol–water partition coefficient (Wildman–Crippen LogP) is 14.0. The maximum absolute atomic E-state index is 5.30. The molecule has 0 radical (unpaired) electrons. The first-order valence-corrected chi connectivity index (χ1v) is 19.7. The topological polar surface area (TPSA) is 35.6 Å². The quantitative estimate of drug-likeness (QED) is 0.176. The summed E-state index contributed by atoms with van der Waals surface area (Å²) >= 11 is 0. The summed E-state index contributed by atoms with van der Waals surface area (Å²) in [6.45, 7) is 0. The van der Waals surface area contributed by atoms with E-state index in [2.05, 4.69) is 191 Å². The van der Waals surface area contributed by atoms with E-state index >= 15 is 0 Å². The molecule has 58 heavy (non-hydrogen) atoms. The first kappa shape index (κ1) is 32.4. The molecule has 0 saturated carbocycles. The van der Waals surface area contributed by atoms with Gasteiger partial charge in [0.1, 0.15) is 0 Å². The molecule has 3 aromatic heterocycles. The Hall–Kier alpha value is -7.82. The van der Waals surface area contributed by atoms with Crippen LogP contribution in [0.4, 0.5) is 0 Å². The van der Waals surface area contributed by atoms with Gasteiger partial charge in [-0.2, -0.15) is 0 Å². The number of hydrogen-bond acceptors (Lipinski definition) is 2. The zero-order chi connectivity index (χ0) is 38.2. The lowest BCUT2D eigenvalue weighted by atomic mass is 9.99. The van der Waals surface area contributed by atoms with Crippen LogP contribution in [-0.2, 0) is 0 Å². The van der Waals surface area contributed by atoms with Gasteiger partial charge in [0.15, 0.2) is 5.82 Å². The number of benzene rings is 9. The molecule has 0 amide bonds. The minimum atomic E-state index is 0.701. The number of nitrogens with zero attached hydrogens (tertiary/aromatic N) is 4. The lowest BCUT2D eigenvalue weighted by Crippen LogP contribution is -1.99. The summed E-state index contributed by atoms with van der Waals surface area (Å²) in [7, 11) is 0. The van der Waals surface area contributed by atoms with Crippen molar-refractivity contribution in [3.63, 3.8) is 0 Å². The van der Waals surface area contributed by atoms with Gasteiger partial charge in [-0.15, -0.1) is 0 Å². The Kier molecular flexibility index (Phi) is 7.20. The van der Waals surface area contributed by atoms with Crippen LogP contribution in [0, 0.1) is 0 Å². The average Bonchev–Trinajstić information content (AvgIpc) is 3.82. The molecule has 0 N–H and O–H groups in total. The second-order valence-corrected chi connectivity index (χ2v) is 15.0. The molecule has 0 aliphatic heterocycles. The molecule has 0 aliphatic rings. The van der Waals surface area contributed by atoms with Gasteiger partial charge >= 0.3 is 0 Å². The van der Waals surface area contributed by atoms with Crippen LogP contribution in [0.1, 0.15) is 0 Å². The number of hydrogen-bond donors (Lipinski definition) is 0. The van der Waals surface area contributed by atoms with Crippen molar-refractivity contribution in [1.82, 2.24) is 19.1 Å². The Bertz CT molecular complexity index is 3500. The number of para-hydroxylation sites is 2. The largest absolute Gasteiger partial charge is 0.309 e. The maximum atomic E-state index is 5.30. The number of rotatable bonds is 5. The summed E-state index contributed by atoms with van der Waals surface area (Å²) in [4.78, 5) is 10.4. The Balaban J connectivity index is 1.16. The molecule has 270 valence electrons. The molecule has 12 aromatic rings. The second kappa shape index (κ2) is 12.9. The van der Waals surface area contributed by atoms with Crippen molar-refractivity contribution in [3.05, 3.63) is 206 Å². The van der Waals surface area contributed by atoms with E-state index in [0.29, 0.717) is 5.82 Å². The summed E-state index contributed by atoms with van der Waals surface area (Å²) in [5, 5.41) is 9.66. The smallest absolute Gasteiger partial charge is 0.160 e. The molecule has 0 saturated heterocycles. The molecule has 0 bridgehead atoms. The van der Waals surface area contributed by atoms with E-state index in [1.165, 1.54) is 43.4 Å². The molecule has 0 atom stereocenters. The maximum Gasteiger partial charge on any atom is 0.160 e. The van der Waals surface area contributed by atoms with Crippen LogP contribution in [-0.4, -0.2) is 19.1 Å². The number of aromatic nitrogens is 4. The average molecular weight is 739 g/mol. The van der Waals surface area contributed by atoms with Gasteiger partial charge in [-0.3, -0.25) is 0 Å². The van der Waals surface area contributed by atoms with E-state index in [1.54, 1.807) is 0 Å². The minimum Gasteiger partial charge on any atom is -0.309 e. The lowest BCUT2D eigenvalue weighted by molar-refractivity contribution is 1.17. The van der Waals surface area contributed by atoms with Gasteiger partial charge in [0.05, 0.1) is 33.5 Å². The van der Waals surface area contributed by atoms with Crippen molar-refractivity contribution >= 4 is 65.2 Å². The molecular weight excluding hydrogens is 705 g/mol. The molecule has 4 nitrogen and oxygen atoms in total. The van der Waals surface area contributed by atoms with Crippen LogP contribution >= 0.6 is 0 Å². The first-order valence-electron chi connectivity index (χ1n) is 19.7. The molecule has 0 aliphatic carbocycles. The second-order valence-electron chi connectivity index (χ2n) is 15.0. The Morgan fingerprint density at radius 3 is 1.72 bits per heavy atom. The molecule has 12 rings (SSSR count). The molecule has 3 heterocycles. The zero-order valence-electron chi connectivity index (χ0n) is 31.4. The van der Waals surface area contributed by atoms with Gasteiger partial charge in [-0.25, -0.2) is 9.97 Å².